The predicted molar refractivity (Wildman–Crippen MR) is 57.0 cm³/mol. The molecule has 1 heterocycles. The maximum absolute atomic E-state index is 10.0. The van der Waals surface area contributed by atoms with E-state index in [2.05, 4.69) is 19.9 Å². The van der Waals surface area contributed by atoms with Gasteiger partial charge >= 0.3 is 0 Å². The first-order chi connectivity index (χ1) is 6.63. The molecule has 0 aliphatic carbocycles. The zero-order valence-electron chi connectivity index (χ0n) is 8.94. The average Bonchev–Trinajstić information content (AvgIpc) is 2.23. The summed E-state index contributed by atoms with van der Waals surface area (Å²) < 4.78 is 0. The van der Waals surface area contributed by atoms with Crippen molar-refractivity contribution in [1.29, 1.82) is 0 Å². The van der Waals surface area contributed by atoms with Crippen molar-refractivity contribution < 1.29 is 5.11 Å². The second-order valence-corrected chi connectivity index (χ2v) is 4.20. The van der Waals surface area contributed by atoms with E-state index >= 15 is 0 Å². The summed E-state index contributed by atoms with van der Waals surface area (Å²) in [6.45, 7) is 4.37. The Morgan fingerprint density at radius 1 is 1.14 bits per heavy atom. The number of benzene rings is 1. The first kappa shape index (κ1) is 9.69. The Hall–Kier alpha value is -0.860. The lowest BCUT2D eigenvalue weighted by molar-refractivity contribution is -0.0212. The van der Waals surface area contributed by atoms with Crippen LogP contribution in [-0.4, -0.2) is 23.1 Å². The molecule has 1 N–H and O–H groups in total. The smallest absolute Gasteiger partial charge is 0.133 e. The Balaban J connectivity index is 2.51. The standard InChI is InChI=1S/C12H17NO/c1-8-9(2)13(3)12(14)11-7-5-4-6-10(8)11/h4-9,12,14H,1-3H3. The molecule has 2 rings (SSSR count). The lowest BCUT2D eigenvalue weighted by Crippen LogP contribution is -2.41. The normalized spacial score (nSPS) is 32.7. The van der Waals surface area contributed by atoms with Crippen molar-refractivity contribution in [2.24, 2.45) is 0 Å². The van der Waals surface area contributed by atoms with Gasteiger partial charge < -0.3 is 5.11 Å². The van der Waals surface area contributed by atoms with Crippen molar-refractivity contribution in [2.45, 2.75) is 32.0 Å². The van der Waals surface area contributed by atoms with Crippen molar-refractivity contribution in [3.05, 3.63) is 35.4 Å². The Labute approximate surface area is 85.2 Å². The van der Waals surface area contributed by atoms with Gasteiger partial charge in [-0.3, -0.25) is 4.90 Å². The molecular formula is C12H17NO. The van der Waals surface area contributed by atoms with Crippen LogP contribution in [0.25, 0.3) is 0 Å². The zero-order chi connectivity index (χ0) is 10.3. The van der Waals surface area contributed by atoms with Crippen molar-refractivity contribution in [3.63, 3.8) is 0 Å². The minimum Gasteiger partial charge on any atom is -0.374 e. The molecule has 0 saturated carbocycles. The number of likely N-dealkylation sites (N-methyl/N-ethyl adjacent to an activating group) is 1. The zero-order valence-corrected chi connectivity index (χ0v) is 8.94. The van der Waals surface area contributed by atoms with Gasteiger partial charge in [0, 0.05) is 6.04 Å². The van der Waals surface area contributed by atoms with Gasteiger partial charge in [-0.15, -0.1) is 0 Å². The van der Waals surface area contributed by atoms with Crippen LogP contribution in [0.5, 0.6) is 0 Å². The molecule has 0 fully saturated rings. The number of fused-ring (bicyclic) bond motifs is 1. The predicted octanol–water partition coefficient (Wildman–Crippen LogP) is 2.11. The van der Waals surface area contributed by atoms with Crippen LogP contribution < -0.4 is 0 Å². The molecule has 0 amide bonds. The average molecular weight is 191 g/mol. The molecule has 1 aliphatic rings. The lowest BCUT2D eigenvalue weighted by Gasteiger charge is -2.40. The van der Waals surface area contributed by atoms with E-state index < -0.39 is 6.23 Å². The van der Waals surface area contributed by atoms with Crippen LogP contribution in [0, 0.1) is 0 Å². The van der Waals surface area contributed by atoms with E-state index in [-0.39, 0.29) is 0 Å². The van der Waals surface area contributed by atoms with E-state index in [1.165, 1.54) is 5.56 Å². The summed E-state index contributed by atoms with van der Waals surface area (Å²) in [6.07, 6.45) is -0.447. The van der Waals surface area contributed by atoms with Gasteiger partial charge in [0.2, 0.25) is 0 Å². The molecule has 0 radical (unpaired) electrons. The molecule has 14 heavy (non-hydrogen) atoms. The van der Waals surface area contributed by atoms with Crippen LogP contribution in [0.3, 0.4) is 0 Å². The van der Waals surface area contributed by atoms with Gasteiger partial charge in [-0.1, -0.05) is 31.2 Å². The van der Waals surface area contributed by atoms with Gasteiger partial charge in [0.05, 0.1) is 0 Å². The molecule has 0 aromatic heterocycles. The molecule has 76 valence electrons. The second kappa shape index (κ2) is 3.37. The van der Waals surface area contributed by atoms with Gasteiger partial charge in [-0.25, -0.2) is 0 Å². The van der Waals surface area contributed by atoms with Crippen molar-refractivity contribution >= 4 is 0 Å². The van der Waals surface area contributed by atoms with Crippen LogP contribution in [0.2, 0.25) is 0 Å². The number of aliphatic hydroxyl groups excluding tert-OH is 1. The summed E-state index contributed by atoms with van der Waals surface area (Å²) in [6, 6.07) is 8.55. The van der Waals surface area contributed by atoms with E-state index in [0.717, 1.165) is 5.56 Å². The SMILES string of the molecule is CC1c2ccccc2C(O)N(C)C1C. The van der Waals surface area contributed by atoms with Gasteiger partial charge in [-0.05, 0) is 31.0 Å². The molecule has 2 nitrogen and oxygen atoms in total. The number of aliphatic hydroxyl groups is 1. The van der Waals surface area contributed by atoms with Crippen LogP contribution in [0.4, 0.5) is 0 Å². The van der Waals surface area contributed by atoms with Gasteiger partial charge in [0.25, 0.3) is 0 Å². The number of nitrogens with zero attached hydrogens (tertiary/aromatic N) is 1. The largest absolute Gasteiger partial charge is 0.374 e. The van der Waals surface area contributed by atoms with E-state index in [0.29, 0.717) is 12.0 Å². The maximum Gasteiger partial charge on any atom is 0.133 e. The first-order valence-electron chi connectivity index (χ1n) is 5.11. The summed E-state index contributed by atoms with van der Waals surface area (Å²) in [7, 11) is 1.97. The van der Waals surface area contributed by atoms with E-state index in [1.54, 1.807) is 0 Å². The number of hydrogen-bond donors (Lipinski definition) is 1. The summed E-state index contributed by atoms with van der Waals surface area (Å²) in [5.74, 6) is 0.486. The third-order valence-electron chi connectivity index (χ3n) is 3.52. The van der Waals surface area contributed by atoms with Gasteiger partial charge in [-0.2, -0.15) is 0 Å². The molecular weight excluding hydrogens is 174 g/mol. The van der Waals surface area contributed by atoms with Crippen LogP contribution in [0.15, 0.2) is 24.3 Å². The summed E-state index contributed by atoms with van der Waals surface area (Å²) in [5.41, 5.74) is 2.34. The van der Waals surface area contributed by atoms with Crippen molar-refractivity contribution in [3.8, 4) is 0 Å². The highest BCUT2D eigenvalue weighted by atomic mass is 16.3. The molecule has 1 aliphatic heterocycles. The Morgan fingerprint density at radius 3 is 2.36 bits per heavy atom. The third-order valence-corrected chi connectivity index (χ3v) is 3.52. The Morgan fingerprint density at radius 2 is 1.71 bits per heavy atom. The fourth-order valence-electron chi connectivity index (χ4n) is 2.22. The monoisotopic (exact) mass is 191 g/mol. The second-order valence-electron chi connectivity index (χ2n) is 4.20. The van der Waals surface area contributed by atoms with Crippen LogP contribution in [-0.2, 0) is 0 Å². The summed E-state index contributed by atoms with van der Waals surface area (Å²) >= 11 is 0. The van der Waals surface area contributed by atoms with E-state index in [4.69, 9.17) is 0 Å². The highest BCUT2D eigenvalue weighted by Crippen LogP contribution is 2.37. The number of rotatable bonds is 0. The minimum atomic E-state index is -0.447. The van der Waals surface area contributed by atoms with E-state index in [9.17, 15) is 5.11 Å². The lowest BCUT2D eigenvalue weighted by atomic mass is 9.85. The fraction of sp³-hybridized carbons (Fsp3) is 0.500. The van der Waals surface area contributed by atoms with Gasteiger partial charge in [0.15, 0.2) is 0 Å². The molecule has 3 atom stereocenters. The molecule has 0 spiro atoms. The highest BCUT2D eigenvalue weighted by Gasteiger charge is 2.32. The highest BCUT2D eigenvalue weighted by molar-refractivity contribution is 5.34. The molecule has 0 saturated heterocycles. The molecule has 3 unspecified atom stereocenters. The topological polar surface area (TPSA) is 23.5 Å². The summed E-state index contributed by atoms with van der Waals surface area (Å²) in [5, 5.41) is 10.0. The first-order valence-corrected chi connectivity index (χ1v) is 5.11. The fourth-order valence-corrected chi connectivity index (χ4v) is 2.22. The van der Waals surface area contributed by atoms with Crippen LogP contribution >= 0.6 is 0 Å². The Kier molecular flexibility index (Phi) is 2.33. The molecule has 0 bridgehead atoms. The van der Waals surface area contributed by atoms with E-state index in [1.807, 2.05) is 30.1 Å². The van der Waals surface area contributed by atoms with Crippen LogP contribution in [0.1, 0.15) is 37.1 Å². The molecule has 2 heteroatoms. The molecule has 1 aromatic rings. The quantitative estimate of drug-likeness (QED) is 0.679. The van der Waals surface area contributed by atoms with Crippen molar-refractivity contribution in [1.82, 2.24) is 4.90 Å². The third kappa shape index (κ3) is 1.26. The minimum absolute atomic E-state index is 0.389. The van der Waals surface area contributed by atoms with Crippen molar-refractivity contribution in [2.75, 3.05) is 7.05 Å². The summed E-state index contributed by atoms with van der Waals surface area (Å²) in [4.78, 5) is 2.02. The maximum atomic E-state index is 10.0. The Bertz CT molecular complexity index is 304. The molecule has 1 aromatic carbocycles. The number of hydrogen-bond acceptors (Lipinski definition) is 2. The van der Waals surface area contributed by atoms with Gasteiger partial charge in [0.1, 0.15) is 6.23 Å².